The van der Waals surface area contributed by atoms with Crippen molar-refractivity contribution in [3.8, 4) is 0 Å². The average Bonchev–Trinajstić information content (AvgIpc) is 2.91. The van der Waals surface area contributed by atoms with Crippen LogP contribution in [0.25, 0.3) is 0 Å². The maximum absolute atomic E-state index is 11.9. The third-order valence-corrected chi connectivity index (χ3v) is 6.72. The highest BCUT2D eigenvalue weighted by Crippen LogP contribution is 2.13. The fourth-order valence-electron chi connectivity index (χ4n) is 4.33. The molecule has 0 bridgehead atoms. The Morgan fingerprint density at radius 2 is 1.11 bits per heavy atom. The summed E-state index contributed by atoms with van der Waals surface area (Å²) >= 11 is 0. The number of rotatable bonds is 28. The maximum atomic E-state index is 11.9. The topological polar surface area (TPSA) is 72.8 Å². The summed E-state index contributed by atoms with van der Waals surface area (Å²) in [6, 6.07) is 0. The number of esters is 2. The van der Waals surface area contributed by atoms with Gasteiger partial charge >= 0.3 is 11.9 Å². The molecule has 1 unspecified atom stereocenters. The molecule has 222 valence electrons. The number of unbranched alkanes of at least 4 members (excludes halogenated alkanes) is 16. The zero-order chi connectivity index (χ0) is 27.9. The van der Waals surface area contributed by atoms with E-state index >= 15 is 0 Å². The highest BCUT2D eigenvalue weighted by Gasteiger charge is 2.15. The van der Waals surface area contributed by atoms with Gasteiger partial charge in [0.25, 0.3) is 0 Å². The van der Waals surface area contributed by atoms with Crippen molar-refractivity contribution < 1.29 is 24.2 Å². The number of carbonyl (C=O) groups excluding carboxylic acids is 2. The number of hydrogen-bond donors (Lipinski definition) is 1. The van der Waals surface area contributed by atoms with E-state index in [1.165, 1.54) is 96.3 Å². The summed E-state index contributed by atoms with van der Waals surface area (Å²) in [4.78, 5) is 23.3. The molecular weight excluding hydrogens is 476 g/mol. The molecule has 38 heavy (non-hydrogen) atoms. The van der Waals surface area contributed by atoms with Crippen LogP contribution in [-0.2, 0) is 19.1 Å². The minimum absolute atomic E-state index is 0.0741. The van der Waals surface area contributed by atoms with Crippen molar-refractivity contribution in [1.29, 1.82) is 0 Å². The number of allylic oxidation sites excluding steroid dienone is 4. The van der Waals surface area contributed by atoms with Gasteiger partial charge < -0.3 is 14.6 Å². The zero-order valence-electron chi connectivity index (χ0n) is 24.9. The molecule has 0 heterocycles. The lowest BCUT2D eigenvalue weighted by molar-refractivity contribution is -0.161. The van der Waals surface area contributed by atoms with Crippen LogP contribution in [0, 0.1) is 0 Å². The first-order valence-corrected chi connectivity index (χ1v) is 15.9. The SMILES string of the molecule is CCCCCCC/C=C\C/C=C\CCCCCCCCCCCCCC(=O)OC(CO)COC(=O)CCC. The standard InChI is InChI=1S/C33H60O5/c1-3-5-6-7-8-9-10-11-12-13-14-15-16-17-18-19-20-21-22-23-24-25-26-28-33(36)38-31(29-34)30-37-32(35)27-4-2/h10-11,13-14,31,34H,3-9,12,15-30H2,1-2H3/b11-10-,14-13-. The lowest BCUT2D eigenvalue weighted by atomic mass is 10.0. The first-order chi connectivity index (χ1) is 18.6. The molecule has 0 aliphatic carbocycles. The molecule has 0 saturated carbocycles. The number of aliphatic hydroxyl groups is 1. The van der Waals surface area contributed by atoms with Gasteiger partial charge in [-0.2, -0.15) is 0 Å². The third-order valence-electron chi connectivity index (χ3n) is 6.72. The van der Waals surface area contributed by atoms with Crippen molar-refractivity contribution >= 4 is 11.9 Å². The molecule has 0 aromatic heterocycles. The molecule has 0 aromatic rings. The van der Waals surface area contributed by atoms with Crippen molar-refractivity contribution in [1.82, 2.24) is 0 Å². The molecule has 0 rings (SSSR count). The van der Waals surface area contributed by atoms with Gasteiger partial charge in [0, 0.05) is 12.8 Å². The number of carbonyl (C=O) groups is 2. The van der Waals surface area contributed by atoms with Gasteiger partial charge in [0.15, 0.2) is 6.10 Å². The van der Waals surface area contributed by atoms with Crippen LogP contribution in [-0.4, -0.2) is 36.4 Å². The maximum Gasteiger partial charge on any atom is 0.306 e. The Bertz CT molecular complexity index is 584. The molecule has 0 amide bonds. The Morgan fingerprint density at radius 1 is 0.605 bits per heavy atom. The van der Waals surface area contributed by atoms with Crippen LogP contribution in [0.1, 0.15) is 155 Å². The normalized spacial score (nSPS) is 12.4. The fraction of sp³-hybridized carbons (Fsp3) is 0.818. The summed E-state index contributed by atoms with van der Waals surface area (Å²) in [5, 5.41) is 9.30. The van der Waals surface area contributed by atoms with E-state index in [2.05, 4.69) is 31.2 Å². The van der Waals surface area contributed by atoms with Crippen molar-refractivity contribution in [3.05, 3.63) is 24.3 Å². The van der Waals surface area contributed by atoms with Crippen LogP contribution in [0.4, 0.5) is 0 Å². The molecule has 0 spiro atoms. The Morgan fingerprint density at radius 3 is 1.61 bits per heavy atom. The highest BCUT2D eigenvalue weighted by atomic mass is 16.6. The van der Waals surface area contributed by atoms with Crippen LogP contribution in [0.2, 0.25) is 0 Å². The Kier molecular flexibility index (Phi) is 28.7. The Balaban J connectivity index is 3.40. The summed E-state index contributed by atoms with van der Waals surface area (Å²) in [7, 11) is 0. The minimum atomic E-state index is -0.762. The lowest BCUT2D eigenvalue weighted by Gasteiger charge is -2.15. The van der Waals surface area contributed by atoms with Crippen molar-refractivity contribution in [2.24, 2.45) is 0 Å². The van der Waals surface area contributed by atoms with Crippen molar-refractivity contribution in [2.45, 2.75) is 161 Å². The second kappa shape index (κ2) is 29.9. The van der Waals surface area contributed by atoms with E-state index in [1.807, 2.05) is 6.92 Å². The van der Waals surface area contributed by atoms with Crippen LogP contribution in [0.5, 0.6) is 0 Å². The van der Waals surface area contributed by atoms with E-state index < -0.39 is 6.10 Å². The number of hydrogen-bond acceptors (Lipinski definition) is 5. The van der Waals surface area contributed by atoms with Gasteiger partial charge in [-0.3, -0.25) is 9.59 Å². The van der Waals surface area contributed by atoms with Gasteiger partial charge in [-0.25, -0.2) is 0 Å². The zero-order valence-corrected chi connectivity index (χ0v) is 24.9. The van der Waals surface area contributed by atoms with Crippen LogP contribution in [0.3, 0.4) is 0 Å². The largest absolute Gasteiger partial charge is 0.462 e. The molecule has 1 N–H and O–H groups in total. The summed E-state index contributed by atoms with van der Waals surface area (Å²) in [6.45, 7) is 3.75. The van der Waals surface area contributed by atoms with Gasteiger partial charge in [-0.1, -0.05) is 122 Å². The quantitative estimate of drug-likeness (QED) is 0.0613. The number of ether oxygens (including phenoxy) is 2. The van der Waals surface area contributed by atoms with Gasteiger partial charge in [0.05, 0.1) is 6.61 Å². The van der Waals surface area contributed by atoms with Gasteiger partial charge in [-0.15, -0.1) is 0 Å². The van der Waals surface area contributed by atoms with Gasteiger partial charge in [0.1, 0.15) is 6.61 Å². The minimum Gasteiger partial charge on any atom is -0.462 e. The molecule has 0 aromatic carbocycles. The Labute approximate surface area is 234 Å². The fourth-order valence-corrected chi connectivity index (χ4v) is 4.33. The van der Waals surface area contributed by atoms with Crippen LogP contribution in [0.15, 0.2) is 24.3 Å². The van der Waals surface area contributed by atoms with E-state index in [-0.39, 0.29) is 25.2 Å². The first kappa shape index (κ1) is 36.4. The average molecular weight is 537 g/mol. The van der Waals surface area contributed by atoms with Crippen LogP contribution < -0.4 is 0 Å². The number of aliphatic hydroxyl groups excluding tert-OH is 1. The van der Waals surface area contributed by atoms with Crippen LogP contribution >= 0.6 is 0 Å². The van der Waals surface area contributed by atoms with Crippen molar-refractivity contribution in [2.75, 3.05) is 13.2 Å². The van der Waals surface area contributed by atoms with E-state index in [0.717, 1.165) is 25.7 Å². The molecular formula is C33H60O5. The summed E-state index contributed by atoms with van der Waals surface area (Å²) < 4.78 is 10.2. The lowest BCUT2D eigenvalue weighted by Crippen LogP contribution is -2.28. The second-order valence-electron chi connectivity index (χ2n) is 10.5. The molecule has 5 nitrogen and oxygen atoms in total. The van der Waals surface area contributed by atoms with Crippen molar-refractivity contribution in [3.63, 3.8) is 0 Å². The molecule has 1 atom stereocenters. The third kappa shape index (κ3) is 27.4. The summed E-state index contributed by atoms with van der Waals surface area (Å²) in [6.07, 6.45) is 33.7. The predicted molar refractivity (Wildman–Crippen MR) is 159 cm³/mol. The van der Waals surface area contributed by atoms with E-state index in [4.69, 9.17) is 9.47 Å². The predicted octanol–water partition coefficient (Wildman–Crippen LogP) is 9.17. The van der Waals surface area contributed by atoms with Gasteiger partial charge in [-0.05, 0) is 44.9 Å². The van der Waals surface area contributed by atoms with E-state index in [0.29, 0.717) is 19.3 Å². The summed E-state index contributed by atoms with van der Waals surface area (Å²) in [5.74, 6) is -0.654. The van der Waals surface area contributed by atoms with E-state index in [1.54, 1.807) is 0 Å². The molecule has 0 aliphatic rings. The second-order valence-corrected chi connectivity index (χ2v) is 10.5. The monoisotopic (exact) mass is 536 g/mol. The smallest absolute Gasteiger partial charge is 0.306 e. The molecule has 0 fully saturated rings. The Hall–Kier alpha value is -1.62. The highest BCUT2D eigenvalue weighted by molar-refractivity contribution is 5.70. The van der Waals surface area contributed by atoms with E-state index in [9.17, 15) is 14.7 Å². The molecule has 0 saturated heterocycles. The van der Waals surface area contributed by atoms with Gasteiger partial charge in [0.2, 0.25) is 0 Å². The molecule has 0 radical (unpaired) electrons. The summed E-state index contributed by atoms with van der Waals surface area (Å²) in [5.41, 5.74) is 0. The molecule has 5 heteroatoms. The first-order valence-electron chi connectivity index (χ1n) is 15.9. The molecule has 0 aliphatic heterocycles.